The number of carboxylic acids is 1. The molecule has 0 bridgehead atoms. The molecule has 0 saturated heterocycles. The molecule has 0 spiro atoms. The van der Waals surface area contributed by atoms with Crippen molar-refractivity contribution >= 4 is 5.97 Å². The van der Waals surface area contributed by atoms with E-state index in [2.05, 4.69) is 6.92 Å². The van der Waals surface area contributed by atoms with Gasteiger partial charge in [-0.15, -0.1) is 0 Å². The zero-order valence-corrected chi connectivity index (χ0v) is 10.6. The summed E-state index contributed by atoms with van der Waals surface area (Å²) >= 11 is 0. The van der Waals surface area contributed by atoms with E-state index in [0.717, 1.165) is 0 Å². The molecule has 0 aromatic heterocycles. The van der Waals surface area contributed by atoms with E-state index in [1.807, 2.05) is 0 Å². The Morgan fingerprint density at radius 3 is 1.92 bits per heavy atom. The maximum absolute atomic E-state index is 10.2. The topological polar surface area (TPSA) is 37.3 Å². The van der Waals surface area contributed by atoms with E-state index in [-0.39, 0.29) is 51.4 Å². The van der Waals surface area contributed by atoms with Crippen LogP contribution in [0.5, 0.6) is 0 Å². The van der Waals surface area contributed by atoms with Gasteiger partial charge in [-0.1, -0.05) is 18.2 Å². The van der Waals surface area contributed by atoms with E-state index < -0.39 is 5.97 Å². The first-order chi connectivity index (χ1) is 5.30. The number of rotatable bonds is 1. The van der Waals surface area contributed by atoms with Crippen LogP contribution in [0.25, 0.3) is 0 Å². The number of hydrogen-bond acceptors (Lipinski definition) is 1. The predicted octanol–water partition coefficient (Wildman–Crippen LogP) is -0.771. The van der Waals surface area contributed by atoms with Crippen molar-refractivity contribution in [3.8, 4) is 0 Å². The van der Waals surface area contributed by atoms with Crippen molar-refractivity contribution in [2.45, 2.75) is 6.92 Å². The molecular weight excluding hydrogens is 179 g/mol. The van der Waals surface area contributed by atoms with Gasteiger partial charge < -0.3 is 12.0 Å². The summed E-state index contributed by atoms with van der Waals surface area (Å²) < 4.78 is 0. The van der Waals surface area contributed by atoms with Gasteiger partial charge in [-0.2, -0.15) is 6.92 Å². The molecule has 0 atom stereocenters. The Balaban J connectivity index is 0. The molecule has 0 fully saturated rings. The SMILES string of the molecule is O=C(O)c1ccccc1.[CH2-]C.[K+]. The summed E-state index contributed by atoms with van der Waals surface area (Å²) in [5.41, 5.74) is 0.331. The number of aromatic carboxylic acids is 1. The molecule has 0 aliphatic carbocycles. The molecule has 0 unspecified atom stereocenters. The summed E-state index contributed by atoms with van der Waals surface area (Å²) in [6, 6.07) is 8.30. The first-order valence-corrected chi connectivity index (χ1v) is 3.30. The van der Waals surface area contributed by atoms with Crippen LogP contribution in [0.4, 0.5) is 0 Å². The maximum Gasteiger partial charge on any atom is 1.00 e. The van der Waals surface area contributed by atoms with Gasteiger partial charge in [0.05, 0.1) is 5.56 Å². The second kappa shape index (κ2) is 9.41. The minimum absolute atomic E-state index is 0. The standard InChI is InChI=1S/C7H6O2.C2H5.K/c8-7(9)6-4-2-1-3-5-6;1-2;/h1-5H,(H,8,9);1H2,2H3;/q;-1;+1. The zero-order valence-electron chi connectivity index (χ0n) is 7.45. The Bertz CT molecular complexity index is 209. The van der Waals surface area contributed by atoms with Gasteiger partial charge in [0, 0.05) is 0 Å². The molecule has 12 heavy (non-hydrogen) atoms. The fourth-order valence-electron chi connectivity index (χ4n) is 0.581. The van der Waals surface area contributed by atoms with E-state index in [9.17, 15) is 4.79 Å². The van der Waals surface area contributed by atoms with Gasteiger partial charge in [0.25, 0.3) is 0 Å². The molecule has 1 N–H and O–H groups in total. The average molecular weight is 190 g/mol. The number of carboxylic acid groups (broad SMARTS) is 1. The molecule has 3 heteroatoms. The molecule has 0 aliphatic heterocycles. The third-order valence-electron chi connectivity index (χ3n) is 1.02. The van der Waals surface area contributed by atoms with Gasteiger partial charge in [0.1, 0.15) is 0 Å². The minimum Gasteiger partial charge on any atom is -0.478 e. The van der Waals surface area contributed by atoms with Crippen molar-refractivity contribution in [3.63, 3.8) is 0 Å². The van der Waals surface area contributed by atoms with Gasteiger partial charge in [0.15, 0.2) is 0 Å². The van der Waals surface area contributed by atoms with Gasteiger partial charge >= 0.3 is 57.4 Å². The molecular formula is C9H11KO2. The molecule has 0 amide bonds. The largest absolute Gasteiger partial charge is 1.00 e. The number of carbonyl (C=O) groups is 1. The molecule has 0 heterocycles. The summed E-state index contributed by atoms with van der Waals surface area (Å²) in [6.07, 6.45) is 0. The zero-order chi connectivity index (χ0) is 8.69. The van der Waals surface area contributed by atoms with Crippen LogP contribution >= 0.6 is 0 Å². The van der Waals surface area contributed by atoms with Crippen LogP contribution in [0.2, 0.25) is 0 Å². The van der Waals surface area contributed by atoms with E-state index in [0.29, 0.717) is 5.56 Å². The fraction of sp³-hybridized carbons (Fsp3) is 0.111. The first-order valence-electron chi connectivity index (χ1n) is 3.30. The summed E-state index contributed by atoms with van der Waals surface area (Å²) in [5.74, 6) is -0.879. The van der Waals surface area contributed by atoms with Crippen LogP contribution in [-0.2, 0) is 0 Å². The molecule has 0 radical (unpaired) electrons. The summed E-state index contributed by atoms with van der Waals surface area (Å²) in [5, 5.41) is 8.38. The van der Waals surface area contributed by atoms with Crippen LogP contribution in [0.3, 0.4) is 0 Å². The van der Waals surface area contributed by atoms with Gasteiger partial charge in [-0.05, 0) is 12.1 Å². The Morgan fingerprint density at radius 2 is 1.67 bits per heavy atom. The Kier molecular flexibility index (Phi) is 11.6. The molecule has 1 aromatic carbocycles. The van der Waals surface area contributed by atoms with Crippen LogP contribution < -0.4 is 51.4 Å². The second-order valence-corrected chi connectivity index (χ2v) is 1.67. The second-order valence-electron chi connectivity index (χ2n) is 1.67. The molecule has 0 aliphatic rings. The Labute approximate surface area is 115 Å². The van der Waals surface area contributed by atoms with Crippen LogP contribution in [0.1, 0.15) is 17.3 Å². The monoisotopic (exact) mass is 190 g/mol. The first kappa shape index (κ1) is 14.8. The third-order valence-corrected chi connectivity index (χ3v) is 1.02. The molecule has 1 rings (SSSR count). The van der Waals surface area contributed by atoms with Crippen LogP contribution in [0.15, 0.2) is 30.3 Å². The van der Waals surface area contributed by atoms with E-state index in [4.69, 9.17) is 5.11 Å². The molecule has 60 valence electrons. The van der Waals surface area contributed by atoms with Crippen LogP contribution in [-0.4, -0.2) is 11.1 Å². The van der Waals surface area contributed by atoms with Crippen molar-refractivity contribution in [2.24, 2.45) is 0 Å². The van der Waals surface area contributed by atoms with E-state index in [1.54, 1.807) is 37.3 Å². The summed E-state index contributed by atoms with van der Waals surface area (Å²) in [7, 11) is 0. The molecule has 0 saturated carbocycles. The smallest absolute Gasteiger partial charge is 0.478 e. The van der Waals surface area contributed by atoms with Gasteiger partial charge in [-0.25, -0.2) is 4.79 Å². The van der Waals surface area contributed by atoms with E-state index in [1.165, 1.54) is 0 Å². The van der Waals surface area contributed by atoms with Crippen molar-refractivity contribution in [1.29, 1.82) is 0 Å². The average Bonchev–Trinajstić information content (AvgIpc) is 2.10. The Morgan fingerprint density at radius 1 is 1.25 bits per heavy atom. The van der Waals surface area contributed by atoms with Gasteiger partial charge in [0.2, 0.25) is 0 Å². The van der Waals surface area contributed by atoms with Crippen LogP contribution in [0, 0.1) is 6.92 Å². The summed E-state index contributed by atoms with van der Waals surface area (Å²) in [4.78, 5) is 10.2. The predicted molar refractivity (Wildman–Crippen MR) is 44.4 cm³/mol. The number of benzene rings is 1. The normalized spacial score (nSPS) is 7.17. The molecule has 2 nitrogen and oxygen atoms in total. The van der Waals surface area contributed by atoms with Crippen molar-refractivity contribution in [3.05, 3.63) is 42.8 Å². The quantitative estimate of drug-likeness (QED) is 0.466. The van der Waals surface area contributed by atoms with E-state index >= 15 is 0 Å². The van der Waals surface area contributed by atoms with Crippen molar-refractivity contribution in [2.75, 3.05) is 0 Å². The fourth-order valence-corrected chi connectivity index (χ4v) is 0.581. The molecule has 1 aromatic rings. The van der Waals surface area contributed by atoms with Crippen molar-refractivity contribution in [1.82, 2.24) is 0 Å². The Hall–Kier alpha value is 0.326. The summed E-state index contributed by atoms with van der Waals surface area (Å²) in [6.45, 7) is 5.00. The number of hydrogen-bond donors (Lipinski definition) is 1. The van der Waals surface area contributed by atoms with Crippen molar-refractivity contribution < 1.29 is 61.3 Å². The maximum atomic E-state index is 10.2. The van der Waals surface area contributed by atoms with Gasteiger partial charge in [-0.3, -0.25) is 0 Å². The minimum atomic E-state index is -0.879. The third kappa shape index (κ3) is 5.91.